The maximum Gasteiger partial charge on any atom is 0.472 e. The number of nitrogens with two attached hydrogens (primary N) is 1. The second-order valence-electron chi connectivity index (χ2n) is 16.7. The molecule has 0 aliphatic heterocycles. The van der Waals surface area contributed by atoms with Gasteiger partial charge < -0.3 is 21.1 Å². The molecule has 1 amide bonds. The number of rotatable bonds is 46. The van der Waals surface area contributed by atoms with E-state index >= 15 is 0 Å². The number of phosphoric acid groups is 1. The summed E-state index contributed by atoms with van der Waals surface area (Å²) < 4.78 is 22.2. The number of nitrogens with one attached hydrogen (secondary N) is 1. The van der Waals surface area contributed by atoms with Gasteiger partial charge in [0, 0.05) is 13.0 Å². The zero-order chi connectivity index (χ0) is 41.1. The van der Waals surface area contributed by atoms with Crippen molar-refractivity contribution >= 4 is 13.7 Å². The van der Waals surface area contributed by atoms with E-state index in [4.69, 9.17) is 14.8 Å². The Morgan fingerprint density at radius 2 is 0.929 bits per heavy atom. The van der Waals surface area contributed by atoms with Gasteiger partial charge in [-0.2, -0.15) is 0 Å². The fourth-order valence-electron chi connectivity index (χ4n) is 7.43. The molecule has 0 heterocycles. The Bertz CT molecular complexity index is 891. The summed E-state index contributed by atoms with van der Waals surface area (Å²) >= 11 is 0. The normalized spacial score (nSPS) is 14.0. The molecule has 334 valence electrons. The zero-order valence-electron chi connectivity index (χ0n) is 37.1. The summed E-state index contributed by atoms with van der Waals surface area (Å²) in [5.74, 6) is -0.162. The molecule has 0 radical (unpaired) electrons. The minimum atomic E-state index is -4.32. The van der Waals surface area contributed by atoms with Crippen LogP contribution in [0.2, 0.25) is 0 Å². The molecule has 0 aliphatic rings. The lowest BCUT2D eigenvalue weighted by Crippen LogP contribution is -2.46. The summed E-state index contributed by atoms with van der Waals surface area (Å²) in [6.07, 6.45) is 49.4. The molecule has 56 heavy (non-hydrogen) atoms. The van der Waals surface area contributed by atoms with Crippen molar-refractivity contribution in [3.63, 3.8) is 0 Å². The van der Waals surface area contributed by atoms with Gasteiger partial charge in [-0.3, -0.25) is 13.8 Å². The Kier molecular flexibility index (Phi) is 43.2. The van der Waals surface area contributed by atoms with E-state index in [2.05, 4.69) is 31.3 Å². The van der Waals surface area contributed by atoms with Gasteiger partial charge in [-0.1, -0.05) is 219 Å². The fourth-order valence-corrected chi connectivity index (χ4v) is 8.19. The van der Waals surface area contributed by atoms with Crippen molar-refractivity contribution in [2.75, 3.05) is 19.8 Å². The Balaban J connectivity index is 4.07. The number of carbonyl (C=O) groups is 1. The van der Waals surface area contributed by atoms with E-state index in [1.54, 1.807) is 0 Å². The largest absolute Gasteiger partial charge is 0.472 e. The second-order valence-corrected chi connectivity index (χ2v) is 18.1. The molecule has 0 rings (SSSR count). The lowest BCUT2D eigenvalue weighted by atomic mass is 10.0. The number of allylic oxidation sites excluding steroid dienone is 2. The SMILES string of the molecule is CCCCCCCC/C=C\CCCCCCCCCC(=O)NC(COP(=O)(O)OCCN)C(O)CCCCCCCCCCCCCCCCCCCCCC. The molecule has 0 aromatic carbocycles. The topological polar surface area (TPSA) is 131 Å². The van der Waals surface area contributed by atoms with Crippen molar-refractivity contribution in [3.05, 3.63) is 12.2 Å². The molecule has 0 bridgehead atoms. The molecule has 8 nitrogen and oxygen atoms in total. The number of amides is 1. The van der Waals surface area contributed by atoms with Crippen molar-refractivity contribution < 1.29 is 28.4 Å². The van der Waals surface area contributed by atoms with E-state index in [1.807, 2.05) is 0 Å². The number of aliphatic hydroxyl groups is 1. The van der Waals surface area contributed by atoms with Gasteiger partial charge in [-0.25, -0.2) is 4.57 Å². The summed E-state index contributed by atoms with van der Waals surface area (Å²) in [6, 6.07) is -0.774. The first kappa shape index (κ1) is 55.2. The van der Waals surface area contributed by atoms with Crippen LogP contribution in [0.15, 0.2) is 12.2 Å². The molecule has 3 atom stereocenters. The minimum absolute atomic E-state index is 0.0901. The number of hydrogen-bond donors (Lipinski definition) is 4. The number of phosphoric ester groups is 1. The van der Waals surface area contributed by atoms with Gasteiger partial charge in [0.05, 0.1) is 25.4 Å². The summed E-state index contributed by atoms with van der Waals surface area (Å²) in [6.45, 7) is 4.23. The van der Waals surface area contributed by atoms with Gasteiger partial charge in [0.15, 0.2) is 0 Å². The monoisotopic (exact) mass is 815 g/mol. The highest BCUT2D eigenvalue weighted by molar-refractivity contribution is 7.47. The van der Waals surface area contributed by atoms with Crippen LogP contribution in [-0.2, 0) is 18.4 Å². The predicted octanol–water partition coefficient (Wildman–Crippen LogP) is 14.0. The number of carbonyl (C=O) groups excluding carboxylic acids is 1. The third-order valence-corrected chi connectivity index (χ3v) is 12.1. The molecule has 0 spiro atoms. The maximum atomic E-state index is 12.8. The van der Waals surface area contributed by atoms with Crippen LogP contribution in [-0.4, -0.2) is 47.8 Å². The van der Waals surface area contributed by atoms with Crippen LogP contribution in [0.3, 0.4) is 0 Å². The Hall–Kier alpha value is -0.760. The smallest absolute Gasteiger partial charge is 0.391 e. The molecule has 0 aliphatic carbocycles. The van der Waals surface area contributed by atoms with Crippen LogP contribution in [0, 0.1) is 0 Å². The molecule has 0 aromatic heterocycles. The van der Waals surface area contributed by atoms with Gasteiger partial charge in [-0.15, -0.1) is 0 Å². The van der Waals surface area contributed by atoms with E-state index in [0.29, 0.717) is 12.8 Å². The van der Waals surface area contributed by atoms with Crippen LogP contribution in [0.1, 0.15) is 251 Å². The average Bonchev–Trinajstić information content (AvgIpc) is 3.19. The zero-order valence-corrected chi connectivity index (χ0v) is 38.0. The number of hydrogen-bond acceptors (Lipinski definition) is 6. The summed E-state index contributed by atoms with van der Waals surface area (Å²) in [5, 5.41) is 13.9. The average molecular weight is 815 g/mol. The second kappa shape index (κ2) is 43.8. The van der Waals surface area contributed by atoms with Crippen LogP contribution < -0.4 is 11.1 Å². The van der Waals surface area contributed by atoms with Crippen LogP contribution >= 0.6 is 7.82 Å². The number of unbranched alkanes of at least 4 members (excludes halogenated alkanes) is 32. The van der Waals surface area contributed by atoms with E-state index in [9.17, 15) is 19.4 Å². The first-order chi connectivity index (χ1) is 27.4. The van der Waals surface area contributed by atoms with E-state index in [1.165, 1.54) is 186 Å². The Morgan fingerprint density at radius 1 is 0.571 bits per heavy atom. The van der Waals surface area contributed by atoms with Crippen LogP contribution in [0.25, 0.3) is 0 Å². The van der Waals surface area contributed by atoms with Crippen LogP contribution in [0.5, 0.6) is 0 Å². The molecule has 0 fully saturated rings. The molecule has 3 unspecified atom stereocenters. The Morgan fingerprint density at radius 3 is 1.32 bits per heavy atom. The van der Waals surface area contributed by atoms with E-state index in [-0.39, 0.29) is 25.7 Å². The molecule has 0 saturated carbocycles. The summed E-state index contributed by atoms with van der Waals surface area (Å²) in [5.41, 5.74) is 5.39. The third-order valence-electron chi connectivity index (χ3n) is 11.1. The van der Waals surface area contributed by atoms with Crippen molar-refractivity contribution in [3.8, 4) is 0 Å². The molecule has 9 heteroatoms. The van der Waals surface area contributed by atoms with Gasteiger partial charge in [0.2, 0.25) is 5.91 Å². The van der Waals surface area contributed by atoms with Crippen molar-refractivity contribution in [1.29, 1.82) is 0 Å². The quantitative estimate of drug-likeness (QED) is 0.0273. The van der Waals surface area contributed by atoms with Crippen molar-refractivity contribution in [2.24, 2.45) is 5.73 Å². The number of aliphatic hydroxyl groups excluding tert-OH is 1. The van der Waals surface area contributed by atoms with E-state index in [0.717, 1.165) is 38.5 Å². The maximum absolute atomic E-state index is 12.8. The third kappa shape index (κ3) is 41.4. The lowest BCUT2D eigenvalue weighted by molar-refractivity contribution is -0.123. The molecular weight excluding hydrogens is 719 g/mol. The lowest BCUT2D eigenvalue weighted by Gasteiger charge is -2.25. The minimum Gasteiger partial charge on any atom is -0.391 e. The fraction of sp³-hybridized carbons (Fsp3) is 0.936. The molecule has 0 saturated heterocycles. The van der Waals surface area contributed by atoms with Crippen molar-refractivity contribution in [1.82, 2.24) is 5.32 Å². The summed E-state index contributed by atoms with van der Waals surface area (Å²) in [4.78, 5) is 22.8. The molecular formula is C47H95N2O6P. The van der Waals surface area contributed by atoms with Gasteiger partial charge in [-0.05, 0) is 38.5 Å². The molecule has 0 aromatic rings. The van der Waals surface area contributed by atoms with Gasteiger partial charge >= 0.3 is 7.82 Å². The first-order valence-electron chi connectivity index (χ1n) is 24.3. The van der Waals surface area contributed by atoms with Crippen molar-refractivity contribution in [2.45, 2.75) is 264 Å². The summed E-state index contributed by atoms with van der Waals surface area (Å²) in [7, 11) is -4.32. The standard InChI is InChI=1S/C47H95N2O6P/c1-3-5-7-9-11-13-15-17-19-21-22-23-25-26-28-30-32-34-36-38-40-46(50)45(44-55-56(52,53)54-43-42-48)49-47(51)41-39-37-35-33-31-29-27-24-20-18-16-14-12-10-8-6-4-2/h18,20,45-46,50H,3-17,19,21-44,48H2,1-2H3,(H,49,51)(H,52,53)/b20-18-. The highest BCUT2D eigenvalue weighted by atomic mass is 31.2. The predicted molar refractivity (Wildman–Crippen MR) is 240 cm³/mol. The highest BCUT2D eigenvalue weighted by Gasteiger charge is 2.27. The van der Waals surface area contributed by atoms with E-state index < -0.39 is 20.0 Å². The highest BCUT2D eigenvalue weighted by Crippen LogP contribution is 2.43. The first-order valence-corrected chi connectivity index (χ1v) is 25.8. The Labute approximate surface area is 347 Å². The molecule has 5 N–H and O–H groups in total. The van der Waals surface area contributed by atoms with Gasteiger partial charge in [0.1, 0.15) is 0 Å². The van der Waals surface area contributed by atoms with Gasteiger partial charge in [0.25, 0.3) is 0 Å². The van der Waals surface area contributed by atoms with Crippen LogP contribution in [0.4, 0.5) is 0 Å².